The van der Waals surface area contributed by atoms with E-state index in [-0.39, 0.29) is 5.92 Å². The van der Waals surface area contributed by atoms with Gasteiger partial charge in [0, 0.05) is 35.3 Å². The van der Waals surface area contributed by atoms with Crippen LogP contribution < -0.4 is 0 Å². The lowest BCUT2D eigenvalue weighted by molar-refractivity contribution is -0.133. The molecule has 1 atom stereocenters. The summed E-state index contributed by atoms with van der Waals surface area (Å²) in [5, 5.41) is 1.19. The van der Waals surface area contributed by atoms with Crippen LogP contribution in [0.3, 0.4) is 0 Å². The van der Waals surface area contributed by atoms with Crippen molar-refractivity contribution in [3.8, 4) is 11.1 Å². The van der Waals surface area contributed by atoms with Gasteiger partial charge in [0.05, 0.1) is 0 Å². The average molecular weight is 403 g/mol. The maximum atomic E-state index is 12.9. The summed E-state index contributed by atoms with van der Waals surface area (Å²) < 4.78 is 0. The molecule has 0 radical (unpaired) electrons. The van der Waals surface area contributed by atoms with Crippen LogP contribution >= 0.6 is 23.2 Å². The molecule has 1 amide bonds. The van der Waals surface area contributed by atoms with Crippen LogP contribution in [0.2, 0.25) is 10.2 Å². The minimum Gasteiger partial charge on any atom is -0.339 e. The molecule has 0 spiro atoms. The first-order valence-corrected chi connectivity index (χ1v) is 10.6. The molecule has 1 aliphatic carbocycles. The molecule has 2 heterocycles. The minimum atomic E-state index is 0.0625. The highest BCUT2D eigenvalue weighted by atomic mass is 35.5. The normalized spacial score (nSPS) is 21.0. The maximum absolute atomic E-state index is 12.9. The molecule has 1 unspecified atom stereocenters. The third kappa shape index (κ3) is 4.14. The lowest BCUT2D eigenvalue weighted by Crippen LogP contribution is -2.39. The Kier molecular flexibility index (Phi) is 5.70. The lowest BCUT2D eigenvalue weighted by atomic mass is 9.93. The third-order valence-electron chi connectivity index (χ3n) is 5.95. The van der Waals surface area contributed by atoms with Crippen molar-refractivity contribution in [2.24, 2.45) is 5.92 Å². The number of hydrogen-bond donors (Lipinski definition) is 0. The van der Waals surface area contributed by atoms with Crippen LogP contribution in [0.1, 0.15) is 44.1 Å². The molecule has 0 N–H and O–H groups in total. The topological polar surface area (TPSA) is 33.2 Å². The number of hydrogen-bond acceptors (Lipinski definition) is 2. The Balaban J connectivity index is 1.45. The number of benzene rings is 1. The molecule has 2 aliphatic rings. The zero-order chi connectivity index (χ0) is 18.8. The van der Waals surface area contributed by atoms with Crippen molar-refractivity contribution in [2.45, 2.75) is 51.0 Å². The standard InChI is InChI=1S/C22H24Cl2N2O/c23-20-13-15(18-8-9-21(24)25-14-18)6-7-16(20)12-17-10-11-26(22(17)27)19-4-2-1-3-5-19/h6-9,13-14,17,19H,1-5,10-12H2. The smallest absolute Gasteiger partial charge is 0.226 e. The van der Waals surface area contributed by atoms with Gasteiger partial charge in [0.2, 0.25) is 5.91 Å². The lowest BCUT2D eigenvalue weighted by Gasteiger charge is -2.31. The number of likely N-dealkylation sites (tertiary alicyclic amines) is 1. The predicted molar refractivity (Wildman–Crippen MR) is 110 cm³/mol. The molecule has 2 fully saturated rings. The predicted octanol–water partition coefficient (Wildman–Crippen LogP) is 5.78. The van der Waals surface area contributed by atoms with E-state index in [1.165, 1.54) is 32.1 Å². The van der Waals surface area contributed by atoms with Crippen molar-refractivity contribution in [3.05, 3.63) is 52.3 Å². The molecule has 27 heavy (non-hydrogen) atoms. The van der Waals surface area contributed by atoms with Crippen LogP contribution in [0.15, 0.2) is 36.5 Å². The van der Waals surface area contributed by atoms with Gasteiger partial charge in [-0.2, -0.15) is 0 Å². The molecular formula is C22H24Cl2N2O. The number of amides is 1. The second-order valence-electron chi connectivity index (χ2n) is 7.69. The van der Waals surface area contributed by atoms with E-state index in [4.69, 9.17) is 23.2 Å². The zero-order valence-electron chi connectivity index (χ0n) is 15.3. The Bertz CT molecular complexity index is 816. The van der Waals surface area contributed by atoms with Crippen LogP contribution in [0.4, 0.5) is 0 Å². The molecular weight excluding hydrogens is 379 g/mol. The number of rotatable bonds is 4. The Morgan fingerprint density at radius 1 is 1.00 bits per heavy atom. The molecule has 4 rings (SSSR count). The van der Waals surface area contributed by atoms with Crippen LogP contribution in [0.5, 0.6) is 0 Å². The molecule has 1 aromatic heterocycles. The number of aromatic nitrogens is 1. The summed E-state index contributed by atoms with van der Waals surface area (Å²) in [6.45, 7) is 0.903. The monoisotopic (exact) mass is 402 g/mol. The van der Waals surface area contributed by atoms with E-state index in [2.05, 4.69) is 9.88 Å². The second-order valence-corrected chi connectivity index (χ2v) is 8.48. The van der Waals surface area contributed by atoms with Crippen molar-refractivity contribution in [1.29, 1.82) is 0 Å². The minimum absolute atomic E-state index is 0.0625. The van der Waals surface area contributed by atoms with Crippen LogP contribution in [-0.4, -0.2) is 28.4 Å². The Morgan fingerprint density at radius 2 is 1.78 bits per heavy atom. The first kappa shape index (κ1) is 18.8. The van der Waals surface area contributed by atoms with Gasteiger partial charge in [0.25, 0.3) is 0 Å². The fourth-order valence-corrected chi connectivity index (χ4v) is 4.78. The van der Waals surface area contributed by atoms with Gasteiger partial charge < -0.3 is 4.90 Å². The van der Waals surface area contributed by atoms with E-state index >= 15 is 0 Å². The second kappa shape index (κ2) is 8.20. The molecule has 2 aromatic rings. The van der Waals surface area contributed by atoms with Gasteiger partial charge >= 0.3 is 0 Å². The van der Waals surface area contributed by atoms with Crippen molar-refractivity contribution in [3.63, 3.8) is 0 Å². The summed E-state index contributed by atoms with van der Waals surface area (Å²) in [6, 6.07) is 10.2. The van der Waals surface area contributed by atoms with E-state index in [0.717, 1.165) is 36.1 Å². The number of nitrogens with zero attached hydrogens (tertiary/aromatic N) is 2. The fraction of sp³-hybridized carbons (Fsp3) is 0.455. The van der Waals surface area contributed by atoms with Crippen LogP contribution in [0.25, 0.3) is 11.1 Å². The highest BCUT2D eigenvalue weighted by molar-refractivity contribution is 6.31. The van der Waals surface area contributed by atoms with Crippen molar-refractivity contribution < 1.29 is 4.79 Å². The number of pyridine rings is 1. The van der Waals surface area contributed by atoms with Crippen molar-refractivity contribution >= 4 is 29.1 Å². The summed E-state index contributed by atoms with van der Waals surface area (Å²) >= 11 is 12.4. The highest BCUT2D eigenvalue weighted by Crippen LogP contribution is 2.33. The summed E-state index contributed by atoms with van der Waals surface area (Å²) in [7, 11) is 0. The first-order valence-electron chi connectivity index (χ1n) is 9.82. The van der Waals surface area contributed by atoms with Crippen molar-refractivity contribution in [1.82, 2.24) is 9.88 Å². The summed E-state index contributed by atoms with van der Waals surface area (Å²) in [5.41, 5.74) is 3.04. The number of carbonyl (C=O) groups excluding carboxylic acids is 1. The first-order chi connectivity index (χ1) is 13.1. The van der Waals surface area contributed by atoms with Crippen molar-refractivity contribution in [2.75, 3.05) is 6.54 Å². The number of halogens is 2. The van der Waals surface area contributed by atoms with Gasteiger partial charge in [-0.3, -0.25) is 4.79 Å². The molecule has 1 aliphatic heterocycles. The molecule has 1 saturated heterocycles. The van der Waals surface area contributed by atoms with E-state index in [1.54, 1.807) is 12.3 Å². The SMILES string of the molecule is O=C1C(Cc2ccc(-c3ccc(Cl)nc3)cc2Cl)CCN1C1CCCCC1. The maximum Gasteiger partial charge on any atom is 0.226 e. The molecule has 5 heteroatoms. The molecule has 1 aromatic carbocycles. The Labute approximate surface area is 170 Å². The Morgan fingerprint density at radius 3 is 2.48 bits per heavy atom. The average Bonchev–Trinajstić information content (AvgIpc) is 3.05. The fourth-order valence-electron chi connectivity index (χ4n) is 4.41. The van der Waals surface area contributed by atoms with Gasteiger partial charge in [0.15, 0.2) is 0 Å². The molecule has 3 nitrogen and oxygen atoms in total. The Hall–Kier alpha value is -1.58. The molecule has 0 bridgehead atoms. The quantitative estimate of drug-likeness (QED) is 0.607. The van der Waals surface area contributed by atoms with Gasteiger partial charge in [-0.05, 0) is 55.0 Å². The highest BCUT2D eigenvalue weighted by Gasteiger charge is 2.36. The van der Waals surface area contributed by atoms with Crippen LogP contribution in [0, 0.1) is 5.92 Å². The van der Waals surface area contributed by atoms with Gasteiger partial charge in [-0.1, -0.05) is 54.6 Å². The zero-order valence-corrected chi connectivity index (χ0v) is 16.8. The van der Waals surface area contributed by atoms with Gasteiger partial charge in [-0.15, -0.1) is 0 Å². The van der Waals surface area contributed by atoms with E-state index in [9.17, 15) is 4.79 Å². The summed E-state index contributed by atoms with van der Waals surface area (Å²) in [4.78, 5) is 19.2. The van der Waals surface area contributed by atoms with E-state index in [1.807, 2.05) is 24.3 Å². The van der Waals surface area contributed by atoms with Gasteiger partial charge in [0.1, 0.15) is 5.15 Å². The van der Waals surface area contributed by atoms with Gasteiger partial charge in [-0.25, -0.2) is 4.98 Å². The van der Waals surface area contributed by atoms with E-state index in [0.29, 0.717) is 22.1 Å². The summed E-state index contributed by atoms with van der Waals surface area (Å²) in [5.74, 6) is 0.386. The number of carbonyl (C=O) groups is 1. The van der Waals surface area contributed by atoms with Crippen LogP contribution in [-0.2, 0) is 11.2 Å². The van der Waals surface area contributed by atoms with E-state index < -0.39 is 0 Å². The molecule has 1 saturated carbocycles. The summed E-state index contributed by atoms with van der Waals surface area (Å²) in [6.07, 6.45) is 9.57. The third-order valence-corrected chi connectivity index (χ3v) is 6.52. The largest absolute Gasteiger partial charge is 0.339 e. The molecule has 142 valence electrons.